The van der Waals surface area contributed by atoms with E-state index in [1.807, 2.05) is 0 Å². The fraction of sp³-hybridized carbons (Fsp3) is 1.00. The topological polar surface area (TPSA) is 12.0 Å². The van der Waals surface area contributed by atoms with Crippen LogP contribution in [0.25, 0.3) is 0 Å². The molecule has 3 saturated carbocycles. The predicted molar refractivity (Wildman–Crippen MR) is 57.2 cm³/mol. The number of rotatable bonds is 1. The van der Waals surface area contributed by atoms with E-state index in [9.17, 15) is 0 Å². The smallest absolute Gasteiger partial charge is 0.0237 e. The minimum absolute atomic E-state index is 0. The van der Waals surface area contributed by atoms with Gasteiger partial charge in [-0.1, -0.05) is 6.42 Å². The Labute approximate surface area is 87.1 Å². The van der Waals surface area contributed by atoms with Crippen LogP contribution in [0, 0.1) is 17.8 Å². The molecule has 0 heterocycles. The highest BCUT2D eigenvalue weighted by Gasteiger charge is 2.58. The molecule has 0 aromatic rings. The highest BCUT2D eigenvalue weighted by molar-refractivity contribution is 5.85. The Kier molecular flexibility index (Phi) is 2.36. The molecule has 4 atom stereocenters. The SMILES string of the molecule is CN[C@@]12CCC[C@@H]1[C@H]1CC[C@@H]2C1.Cl. The van der Waals surface area contributed by atoms with Gasteiger partial charge in [0, 0.05) is 5.54 Å². The van der Waals surface area contributed by atoms with E-state index in [2.05, 4.69) is 12.4 Å². The Hall–Kier alpha value is 0.250. The van der Waals surface area contributed by atoms with Crippen molar-refractivity contribution >= 4 is 12.4 Å². The molecular weight excluding hydrogens is 182 g/mol. The van der Waals surface area contributed by atoms with Gasteiger partial charge in [0.1, 0.15) is 0 Å². The predicted octanol–water partition coefficient (Wildman–Crippen LogP) is 2.60. The maximum Gasteiger partial charge on any atom is 0.0237 e. The summed E-state index contributed by atoms with van der Waals surface area (Å²) in [5, 5.41) is 3.67. The molecule has 1 N–H and O–H groups in total. The van der Waals surface area contributed by atoms with Crippen molar-refractivity contribution in [3.63, 3.8) is 0 Å². The van der Waals surface area contributed by atoms with E-state index in [1.54, 1.807) is 12.8 Å². The third-order valence-corrected chi connectivity index (χ3v) is 5.00. The van der Waals surface area contributed by atoms with Gasteiger partial charge in [-0.05, 0) is 56.9 Å². The van der Waals surface area contributed by atoms with Crippen molar-refractivity contribution in [1.29, 1.82) is 0 Å². The summed E-state index contributed by atoms with van der Waals surface area (Å²) in [6, 6.07) is 0. The third kappa shape index (κ3) is 1.04. The molecule has 0 aromatic heterocycles. The highest BCUT2D eigenvalue weighted by Crippen LogP contribution is 2.60. The van der Waals surface area contributed by atoms with Crippen LogP contribution in [0.4, 0.5) is 0 Å². The molecule has 3 rings (SSSR count). The number of hydrogen-bond donors (Lipinski definition) is 1. The first-order chi connectivity index (χ1) is 5.87. The van der Waals surface area contributed by atoms with Crippen LogP contribution in [0.3, 0.4) is 0 Å². The van der Waals surface area contributed by atoms with E-state index in [0.29, 0.717) is 5.54 Å². The zero-order valence-corrected chi connectivity index (χ0v) is 9.20. The van der Waals surface area contributed by atoms with Crippen molar-refractivity contribution in [2.75, 3.05) is 7.05 Å². The van der Waals surface area contributed by atoms with Crippen LogP contribution in [0.1, 0.15) is 38.5 Å². The van der Waals surface area contributed by atoms with Gasteiger partial charge in [0.2, 0.25) is 0 Å². The summed E-state index contributed by atoms with van der Waals surface area (Å²) in [4.78, 5) is 0. The number of hydrogen-bond acceptors (Lipinski definition) is 1. The molecule has 3 aliphatic rings. The lowest BCUT2D eigenvalue weighted by molar-refractivity contribution is 0.170. The molecule has 0 spiro atoms. The lowest BCUT2D eigenvalue weighted by Gasteiger charge is -2.39. The fourth-order valence-corrected chi connectivity index (χ4v) is 4.58. The van der Waals surface area contributed by atoms with Gasteiger partial charge in [0.15, 0.2) is 0 Å². The lowest BCUT2D eigenvalue weighted by atomic mass is 9.75. The Morgan fingerprint density at radius 2 is 2.08 bits per heavy atom. The summed E-state index contributed by atoms with van der Waals surface area (Å²) >= 11 is 0. The van der Waals surface area contributed by atoms with Crippen LogP contribution in [0.15, 0.2) is 0 Å². The van der Waals surface area contributed by atoms with Crippen molar-refractivity contribution < 1.29 is 0 Å². The molecule has 0 amide bonds. The first kappa shape index (κ1) is 9.79. The van der Waals surface area contributed by atoms with E-state index in [0.717, 1.165) is 17.8 Å². The van der Waals surface area contributed by atoms with E-state index in [1.165, 1.54) is 25.7 Å². The minimum Gasteiger partial charge on any atom is -0.314 e. The number of fused-ring (bicyclic) bond motifs is 5. The standard InChI is InChI=1S/C11H19N.ClH/c1-12-11-6-2-3-10(11)8-4-5-9(11)7-8;/h8-10,12H,2-7H2,1H3;1H/t8-,9+,10+,11+;/m0./s1. The fourth-order valence-electron chi connectivity index (χ4n) is 4.58. The van der Waals surface area contributed by atoms with E-state index in [-0.39, 0.29) is 12.4 Å². The average Bonchev–Trinajstić information content (AvgIpc) is 2.76. The van der Waals surface area contributed by atoms with Gasteiger partial charge in [0.25, 0.3) is 0 Å². The summed E-state index contributed by atoms with van der Waals surface area (Å²) in [6.07, 6.45) is 9.07. The molecule has 3 fully saturated rings. The Balaban J connectivity index is 0.000000653. The molecule has 76 valence electrons. The monoisotopic (exact) mass is 201 g/mol. The molecule has 2 bridgehead atoms. The molecule has 3 aliphatic carbocycles. The van der Waals surface area contributed by atoms with Crippen molar-refractivity contribution in [2.24, 2.45) is 17.8 Å². The quantitative estimate of drug-likeness (QED) is 0.688. The first-order valence-corrected chi connectivity index (χ1v) is 5.56. The van der Waals surface area contributed by atoms with Gasteiger partial charge < -0.3 is 5.32 Å². The summed E-state index contributed by atoms with van der Waals surface area (Å²) in [6.45, 7) is 0. The molecule has 0 aliphatic heterocycles. The second kappa shape index (κ2) is 3.13. The maximum absolute atomic E-state index is 3.67. The van der Waals surface area contributed by atoms with Gasteiger partial charge in [-0.3, -0.25) is 0 Å². The Bertz CT molecular complexity index is 206. The van der Waals surface area contributed by atoms with E-state index in [4.69, 9.17) is 0 Å². The highest BCUT2D eigenvalue weighted by atomic mass is 35.5. The summed E-state index contributed by atoms with van der Waals surface area (Å²) < 4.78 is 0. The third-order valence-electron chi connectivity index (χ3n) is 5.00. The van der Waals surface area contributed by atoms with E-state index >= 15 is 0 Å². The molecule has 0 unspecified atom stereocenters. The van der Waals surface area contributed by atoms with Gasteiger partial charge in [0.05, 0.1) is 0 Å². The molecule has 0 radical (unpaired) electrons. The minimum atomic E-state index is 0. The van der Waals surface area contributed by atoms with Crippen molar-refractivity contribution in [1.82, 2.24) is 5.32 Å². The summed E-state index contributed by atoms with van der Waals surface area (Å²) in [5.41, 5.74) is 0.614. The maximum atomic E-state index is 3.67. The van der Waals surface area contributed by atoms with Gasteiger partial charge in [-0.2, -0.15) is 0 Å². The second-order valence-corrected chi connectivity index (χ2v) is 5.06. The van der Waals surface area contributed by atoms with E-state index < -0.39 is 0 Å². The van der Waals surface area contributed by atoms with Crippen LogP contribution in [-0.2, 0) is 0 Å². The van der Waals surface area contributed by atoms with Crippen LogP contribution in [0.2, 0.25) is 0 Å². The van der Waals surface area contributed by atoms with Crippen LogP contribution in [0.5, 0.6) is 0 Å². The summed E-state index contributed by atoms with van der Waals surface area (Å²) in [5.74, 6) is 3.20. The lowest BCUT2D eigenvalue weighted by Crippen LogP contribution is -2.50. The van der Waals surface area contributed by atoms with Crippen LogP contribution < -0.4 is 5.32 Å². The molecule has 0 aromatic carbocycles. The van der Waals surface area contributed by atoms with Gasteiger partial charge in [-0.25, -0.2) is 0 Å². The van der Waals surface area contributed by atoms with Crippen LogP contribution in [-0.4, -0.2) is 12.6 Å². The first-order valence-electron chi connectivity index (χ1n) is 5.56. The largest absolute Gasteiger partial charge is 0.314 e. The second-order valence-electron chi connectivity index (χ2n) is 5.06. The average molecular weight is 202 g/mol. The summed E-state index contributed by atoms with van der Waals surface area (Å²) in [7, 11) is 2.19. The van der Waals surface area contributed by atoms with Crippen molar-refractivity contribution in [3.05, 3.63) is 0 Å². The van der Waals surface area contributed by atoms with Gasteiger partial charge in [-0.15, -0.1) is 12.4 Å². The van der Waals surface area contributed by atoms with Crippen molar-refractivity contribution in [3.8, 4) is 0 Å². The Morgan fingerprint density at radius 1 is 1.23 bits per heavy atom. The normalized spacial score (nSPS) is 51.9. The zero-order valence-electron chi connectivity index (χ0n) is 8.38. The number of halogens is 1. The van der Waals surface area contributed by atoms with Crippen LogP contribution >= 0.6 is 12.4 Å². The van der Waals surface area contributed by atoms with Crippen molar-refractivity contribution in [2.45, 2.75) is 44.1 Å². The molecule has 13 heavy (non-hydrogen) atoms. The zero-order chi connectivity index (χ0) is 8.18. The molecular formula is C11H20ClN. The van der Waals surface area contributed by atoms with Gasteiger partial charge >= 0.3 is 0 Å². The number of nitrogens with one attached hydrogen (secondary N) is 1. The molecule has 1 nitrogen and oxygen atoms in total. The molecule has 0 saturated heterocycles. The molecule has 2 heteroatoms. The Morgan fingerprint density at radius 3 is 2.77 bits per heavy atom.